The second kappa shape index (κ2) is 4.59. The molecule has 88 valence electrons. The maximum absolute atomic E-state index is 10.8. The van der Waals surface area contributed by atoms with Crippen LogP contribution in [0.3, 0.4) is 0 Å². The van der Waals surface area contributed by atoms with Crippen molar-refractivity contribution in [3.63, 3.8) is 0 Å². The summed E-state index contributed by atoms with van der Waals surface area (Å²) in [6.45, 7) is 4.08. The Bertz CT molecular complexity index is 408. The van der Waals surface area contributed by atoms with E-state index in [1.54, 1.807) is 0 Å². The lowest BCUT2D eigenvalue weighted by Crippen LogP contribution is -2.19. The van der Waals surface area contributed by atoms with Crippen molar-refractivity contribution in [3.05, 3.63) is 10.0 Å². The molecule has 2 heterocycles. The van der Waals surface area contributed by atoms with Crippen molar-refractivity contribution in [2.75, 3.05) is 18.0 Å². The Hall–Kier alpha value is -0.810. The molecule has 0 aliphatic carbocycles. The standard InChI is InChI=1S/C10H13ClN2O2S/c1-2-6-3-4-13(5-6)10-12-8(11)7(16-10)9(14)15/h6H,2-5H2,1H3,(H,14,15). The van der Waals surface area contributed by atoms with Crippen LogP contribution in [-0.2, 0) is 0 Å². The molecule has 1 aliphatic heterocycles. The average Bonchev–Trinajstić information content (AvgIpc) is 2.83. The normalized spacial score (nSPS) is 20.4. The number of anilines is 1. The molecule has 16 heavy (non-hydrogen) atoms. The molecule has 2 rings (SSSR count). The molecule has 0 spiro atoms. The molecule has 1 N–H and O–H groups in total. The molecule has 4 nitrogen and oxygen atoms in total. The first kappa shape index (κ1) is 11.7. The summed E-state index contributed by atoms with van der Waals surface area (Å²) in [6.07, 6.45) is 2.30. The number of hydrogen-bond donors (Lipinski definition) is 1. The predicted octanol–water partition coefficient (Wildman–Crippen LogP) is 2.73. The molecule has 1 saturated heterocycles. The maximum Gasteiger partial charge on any atom is 0.349 e. The minimum absolute atomic E-state index is 0.104. The topological polar surface area (TPSA) is 53.4 Å². The molecule has 1 unspecified atom stereocenters. The van der Waals surface area contributed by atoms with Crippen molar-refractivity contribution in [2.24, 2.45) is 5.92 Å². The lowest BCUT2D eigenvalue weighted by Gasteiger charge is -2.13. The summed E-state index contributed by atoms with van der Waals surface area (Å²) < 4.78 is 0. The number of aromatic carboxylic acids is 1. The summed E-state index contributed by atoms with van der Waals surface area (Å²) in [7, 11) is 0. The molecule has 0 aromatic carbocycles. The van der Waals surface area contributed by atoms with Crippen molar-refractivity contribution in [2.45, 2.75) is 19.8 Å². The fraction of sp³-hybridized carbons (Fsp3) is 0.600. The maximum atomic E-state index is 10.8. The largest absolute Gasteiger partial charge is 0.477 e. The number of aromatic nitrogens is 1. The molecule has 1 atom stereocenters. The molecule has 1 aromatic rings. The fourth-order valence-corrected chi connectivity index (χ4v) is 3.06. The lowest BCUT2D eigenvalue weighted by molar-refractivity contribution is 0.0702. The highest BCUT2D eigenvalue weighted by molar-refractivity contribution is 7.18. The van der Waals surface area contributed by atoms with E-state index in [0.717, 1.165) is 42.4 Å². The SMILES string of the molecule is CCC1CCN(c2nc(Cl)c(C(=O)O)s2)C1. The Balaban J connectivity index is 2.16. The van der Waals surface area contributed by atoms with Crippen LogP contribution in [0.1, 0.15) is 29.4 Å². The van der Waals surface area contributed by atoms with Crippen LogP contribution in [0.4, 0.5) is 5.13 Å². The molecule has 1 aromatic heterocycles. The first-order valence-corrected chi connectivity index (χ1v) is 6.45. The molecule has 0 bridgehead atoms. The molecular weight excluding hydrogens is 248 g/mol. The summed E-state index contributed by atoms with van der Waals surface area (Å²) in [5, 5.41) is 9.73. The van der Waals surface area contributed by atoms with Crippen LogP contribution in [0.25, 0.3) is 0 Å². The van der Waals surface area contributed by atoms with E-state index < -0.39 is 5.97 Å². The highest BCUT2D eigenvalue weighted by Crippen LogP contribution is 2.33. The molecule has 1 fully saturated rings. The molecule has 6 heteroatoms. The smallest absolute Gasteiger partial charge is 0.349 e. The van der Waals surface area contributed by atoms with Gasteiger partial charge in [-0.15, -0.1) is 0 Å². The van der Waals surface area contributed by atoms with Crippen molar-refractivity contribution >= 4 is 34.0 Å². The first-order valence-electron chi connectivity index (χ1n) is 5.26. The van der Waals surface area contributed by atoms with Gasteiger partial charge in [0.25, 0.3) is 0 Å². The number of hydrogen-bond acceptors (Lipinski definition) is 4. The number of carbonyl (C=O) groups is 1. The van der Waals surface area contributed by atoms with E-state index in [2.05, 4.69) is 16.8 Å². The zero-order valence-corrected chi connectivity index (χ0v) is 10.5. The Morgan fingerprint density at radius 1 is 1.75 bits per heavy atom. The van der Waals surface area contributed by atoms with Crippen LogP contribution < -0.4 is 4.90 Å². The zero-order valence-electron chi connectivity index (χ0n) is 8.94. The van der Waals surface area contributed by atoms with Gasteiger partial charge in [-0.05, 0) is 12.3 Å². The van der Waals surface area contributed by atoms with Crippen molar-refractivity contribution < 1.29 is 9.90 Å². The average molecular weight is 261 g/mol. The number of carboxylic acid groups (broad SMARTS) is 1. The minimum Gasteiger partial charge on any atom is -0.477 e. The molecule has 0 radical (unpaired) electrons. The molecule has 0 amide bonds. The summed E-state index contributed by atoms with van der Waals surface area (Å²) in [4.78, 5) is 17.2. The third-order valence-electron chi connectivity index (χ3n) is 2.90. The van der Waals surface area contributed by atoms with Gasteiger partial charge in [-0.25, -0.2) is 9.78 Å². The van der Waals surface area contributed by atoms with Crippen molar-refractivity contribution in [3.8, 4) is 0 Å². The third kappa shape index (κ3) is 2.15. The summed E-state index contributed by atoms with van der Waals surface area (Å²) in [6, 6.07) is 0. The Morgan fingerprint density at radius 3 is 3.00 bits per heavy atom. The third-order valence-corrected chi connectivity index (χ3v) is 4.39. The van der Waals surface area contributed by atoms with Crippen LogP contribution in [0.5, 0.6) is 0 Å². The number of rotatable bonds is 3. The van der Waals surface area contributed by atoms with Gasteiger partial charge in [-0.3, -0.25) is 0 Å². The monoisotopic (exact) mass is 260 g/mol. The Kier molecular flexibility index (Phi) is 3.35. The van der Waals surface area contributed by atoms with Crippen LogP contribution in [-0.4, -0.2) is 29.1 Å². The van der Waals surface area contributed by atoms with E-state index in [9.17, 15) is 4.79 Å². The van der Waals surface area contributed by atoms with Gasteiger partial charge in [0.1, 0.15) is 0 Å². The van der Waals surface area contributed by atoms with Gasteiger partial charge in [0.2, 0.25) is 0 Å². The quantitative estimate of drug-likeness (QED) is 0.908. The number of thiazole rings is 1. The Morgan fingerprint density at radius 2 is 2.50 bits per heavy atom. The summed E-state index contributed by atoms with van der Waals surface area (Å²) in [5.41, 5.74) is 0. The highest BCUT2D eigenvalue weighted by atomic mass is 35.5. The number of nitrogens with zero attached hydrogens (tertiary/aromatic N) is 2. The van der Waals surface area contributed by atoms with Gasteiger partial charge in [0.05, 0.1) is 0 Å². The van der Waals surface area contributed by atoms with Crippen molar-refractivity contribution in [1.82, 2.24) is 4.98 Å². The molecular formula is C10H13ClN2O2S. The Labute approximate surface area is 103 Å². The first-order chi connectivity index (χ1) is 7.61. The van der Waals surface area contributed by atoms with Crippen LogP contribution >= 0.6 is 22.9 Å². The van der Waals surface area contributed by atoms with E-state index in [-0.39, 0.29) is 10.0 Å². The van der Waals surface area contributed by atoms with Crippen LogP contribution in [0.15, 0.2) is 0 Å². The van der Waals surface area contributed by atoms with Gasteiger partial charge in [0.15, 0.2) is 15.2 Å². The van der Waals surface area contributed by atoms with Crippen LogP contribution in [0.2, 0.25) is 5.15 Å². The van der Waals surface area contributed by atoms with E-state index in [0.29, 0.717) is 5.92 Å². The number of carboxylic acids is 1. The van der Waals surface area contributed by atoms with Gasteiger partial charge in [-0.1, -0.05) is 36.3 Å². The number of halogens is 1. The summed E-state index contributed by atoms with van der Waals surface area (Å²) in [5.74, 6) is -0.309. The second-order valence-electron chi connectivity index (χ2n) is 3.93. The lowest BCUT2D eigenvalue weighted by atomic mass is 10.1. The van der Waals surface area contributed by atoms with E-state index in [1.165, 1.54) is 0 Å². The minimum atomic E-state index is -1.00. The van der Waals surface area contributed by atoms with Crippen molar-refractivity contribution in [1.29, 1.82) is 0 Å². The highest BCUT2D eigenvalue weighted by Gasteiger charge is 2.25. The fourth-order valence-electron chi connectivity index (χ4n) is 1.90. The van der Waals surface area contributed by atoms with E-state index in [1.807, 2.05) is 0 Å². The van der Waals surface area contributed by atoms with Crippen LogP contribution in [0, 0.1) is 5.92 Å². The van der Waals surface area contributed by atoms with E-state index in [4.69, 9.17) is 16.7 Å². The zero-order chi connectivity index (χ0) is 11.7. The van der Waals surface area contributed by atoms with Gasteiger partial charge in [-0.2, -0.15) is 0 Å². The van der Waals surface area contributed by atoms with Gasteiger partial charge in [0, 0.05) is 13.1 Å². The van der Waals surface area contributed by atoms with Gasteiger partial charge >= 0.3 is 5.97 Å². The predicted molar refractivity (Wildman–Crippen MR) is 64.7 cm³/mol. The summed E-state index contributed by atoms with van der Waals surface area (Å²) >= 11 is 6.94. The van der Waals surface area contributed by atoms with E-state index >= 15 is 0 Å². The van der Waals surface area contributed by atoms with Gasteiger partial charge < -0.3 is 10.0 Å². The molecule has 0 saturated carbocycles. The second-order valence-corrected chi connectivity index (χ2v) is 5.27. The molecule has 1 aliphatic rings.